The zero-order chi connectivity index (χ0) is 17.6. The fraction of sp³-hybridized carbons (Fsp3) is 0.278. The summed E-state index contributed by atoms with van der Waals surface area (Å²) in [5, 5.41) is 17.0. The molecule has 2 amide bonds. The Balaban J connectivity index is 1.48. The van der Waals surface area contributed by atoms with Crippen molar-refractivity contribution in [3.63, 3.8) is 0 Å². The molecule has 0 aliphatic heterocycles. The van der Waals surface area contributed by atoms with Crippen molar-refractivity contribution in [3.8, 4) is 0 Å². The first-order valence-electron chi connectivity index (χ1n) is 8.23. The summed E-state index contributed by atoms with van der Waals surface area (Å²) in [7, 11) is 0. The van der Waals surface area contributed by atoms with Crippen LogP contribution in [0, 0.1) is 6.92 Å². The average molecular weight is 338 g/mol. The molecule has 130 valence electrons. The minimum atomic E-state index is -0.223. The quantitative estimate of drug-likeness (QED) is 0.646. The third kappa shape index (κ3) is 4.94. The molecule has 2 heterocycles. The summed E-state index contributed by atoms with van der Waals surface area (Å²) >= 11 is 0. The van der Waals surface area contributed by atoms with Crippen molar-refractivity contribution in [3.05, 3.63) is 65.7 Å². The number of amides is 2. The van der Waals surface area contributed by atoms with Crippen LogP contribution in [0.25, 0.3) is 0 Å². The molecular weight excluding hydrogens is 316 g/mol. The van der Waals surface area contributed by atoms with E-state index in [2.05, 4.69) is 25.9 Å². The van der Waals surface area contributed by atoms with E-state index in [9.17, 15) is 4.79 Å². The van der Waals surface area contributed by atoms with Crippen LogP contribution in [0.3, 0.4) is 0 Å². The van der Waals surface area contributed by atoms with Crippen molar-refractivity contribution in [2.45, 2.75) is 32.9 Å². The standard InChI is InChI=1S/C18H22N6O/c1-13(10-17-11-14(2)22-23-17)20-18(25)21-16-6-4-15(5-7-16)12-24-9-3-8-19-24/h3-9,11,13H,10,12H2,1-2H3,(H,22,23)(H2,20,21,25)/t13-/m1/s1. The number of carbonyl (C=O) groups is 1. The number of hydrogen-bond donors (Lipinski definition) is 3. The normalized spacial score (nSPS) is 11.9. The van der Waals surface area contributed by atoms with Gasteiger partial charge >= 0.3 is 6.03 Å². The van der Waals surface area contributed by atoms with Gasteiger partial charge in [-0.25, -0.2) is 4.79 Å². The molecule has 3 aromatic rings. The van der Waals surface area contributed by atoms with Gasteiger partial charge < -0.3 is 10.6 Å². The van der Waals surface area contributed by atoms with Crippen LogP contribution in [0.5, 0.6) is 0 Å². The van der Waals surface area contributed by atoms with E-state index in [1.54, 1.807) is 6.20 Å². The highest BCUT2D eigenvalue weighted by molar-refractivity contribution is 5.89. The number of aryl methyl sites for hydroxylation is 1. The zero-order valence-corrected chi connectivity index (χ0v) is 14.4. The maximum absolute atomic E-state index is 12.1. The molecule has 0 aliphatic carbocycles. The topological polar surface area (TPSA) is 87.6 Å². The average Bonchev–Trinajstić information content (AvgIpc) is 3.21. The smallest absolute Gasteiger partial charge is 0.319 e. The number of carbonyl (C=O) groups excluding carboxylic acids is 1. The van der Waals surface area contributed by atoms with E-state index in [0.717, 1.165) is 22.6 Å². The van der Waals surface area contributed by atoms with Crippen molar-refractivity contribution in [1.82, 2.24) is 25.3 Å². The van der Waals surface area contributed by atoms with Gasteiger partial charge in [0.1, 0.15) is 0 Å². The molecule has 0 fully saturated rings. The SMILES string of the molecule is Cc1cc(C[C@@H](C)NC(=O)Nc2ccc(Cn3cccn3)cc2)n[nH]1. The van der Waals surface area contributed by atoms with Crippen LogP contribution >= 0.6 is 0 Å². The summed E-state index contributed by atoms with van der Waals surface area (Å²) in [4.78, 5) is 12.1. The summed E-state index contributed by atoms with van der Waals surface area (Å²) in [5.74, 6) is 0. The number of H-pyrrole nitrogens is 1. The molecule has 3 rings (SSSR count). The van der Waals surface area contributed by atoms with Crippen molar-refractivity contribution in [2.24, 2.45) is 0 Å². The van der Waals surface area contributed by atoms with Gasteiger partial charge in [0.05, 0.1) is 12.2 Å². The maximum atomic E-state index is 12.1. The Morgan fingerprint density at radius 3 is 2.76 bits per heavy atom. The number of anilines is 1. The molecule has 2 aromatic heterocycles. The summed E-state index contributed by atoms with van der Waals surface area (Å²) < 4.78 is 1.85. The molecule has 0 radical (unpaired) electrons. The number of nitrogens with zero attached hydrogens (tertiary/aromatic N) is 3. The van der Waals surface area contributed by atoms with Gasteiger partial charge in [-0.3, -0.25) is 9.78 Å². The number of nitrogens with one attached hydrogen (secondary N) is 3. The number of rotatable bonds is 6. The highest BCUT2D eigenvalue weighted by Gasteiger charge is 2.10. The van der Waals surface area contributed by atoms with Crippen LogP contribution in [0.1, 0.15) is 23.9 Å². The maximum Gasteiger partial charge on any atom is 0.319 e. The van der Waals surface area contributed by atoms with Gasteiger partial charge in [0, 0.05) is 36.2 Å². The highest BCUT2D eigenvalue weighted by Crippen LogP contribution is 2.11. The number of aromatic amines is 1. The van der Waals surface area contributed by atoms with Crippen LogP contribution in [0.2, 0.25) is 0 Å². The van der Waals surface area contributed by atoms with Gasteiger partial charge in [0.2, 0.25) is 0 Å². The van der Waals surface area contributed by atoms with Crippen molar-refractivity contribution < 1.29 is 4.79 Å². The van der Waals surface area contributed by atoms with E-state index in [1.165, 1.54) is 0 Å². The number of hydrogen-bond acceptors (Lipinski definition) is 3. The van der Waals surface area contributed by atoms with Crippen molar-refractivity contribution in [2.75, 3.05) is 5.32 Å². The van der Waals surface area contributed by atoms with Crippen LogP contribution in [0.4, 0.5) is 10.5 Å². The molecule has 0 saturated heterocycles. The zero-order valence-electron chi connectivity index (χ0n) is 14.4. The van der Waals surface area contributed by atoms with Crippen LogP contribution < -0.4 is 10.6 Å². The third-order valence-electron chi connectivity index (χ3n) is 3.77. The second kappa shape index (κ2) is 7.65. The van der Waals surface area contributed by atoms with Gasteiger partial charge in [0.25, 0.3) is 0 Å². The number of aromatic nitrogens is 4. The molecule has 7 nitrogen and oxygen atoms in total. The third-order valence-corrected chi connectivity index (χ3v) is 3.77. The van der Waals surface area contributed by atoms with E-state index in [1.807, 2.05) is 61.1 Å². The van der Waals surface area contributed by atoms with Crippen LogP contribution in [-0.4, -0.2) is 32.1 Å². The monoisotopic (exact) mass is 338 g/mol. The first kappa shape index (κ1) is 16.8. The summed E-state index contributed by atoms with van der Waals surface area (Å²) in [6, 6.07) is 11.4. The van der Waals surface area contributed by atoms with Crippen LogP contribution in [-0.2, 0) is 13.0 Å². The predicted octanol–water partition coefficient (Wildman–Crippen LogP) is 2.72. The highest BCUT2D eigenvalue weighted by atomic mass is 16.2. The van der Waals surface area contributed by atoms with Gasteiger partial charge in [0.15, 0.2) is 0 Å². The van der Waals surface area contributed by atoms with Crippen molar-refractivity contribution >= 4 is 11.7 Å². The molecular formula is C18H22N6O. The molecule has 0 unspecified atom stereocenters. The van der Waals surface area contributed by atoms with E-state index in [4.69, 9.17) is 0 Å². The van der Waals surface area contributed by atoms with E-state index in [0.29, 0.717) is 13.0 Å². The molecule has 0 spiro atoms. The van der Waals surface area contributed by atoms with Gasteiger partial charge in [-0.2, -0.15) is 10.2 Å². The lowest BCUT2D eigenvalue weighted by Crippen LogP contribution is -2.37. The Hall–Kier alpha value is -3.09. The van der Waals surface area contributed by atoms with Gasteiger partial charge in [-0.05, 0) is 43.7 Å². The molecule has 7 heteroatoms. The Kier molecular flexibility index (Phi) is 5.13. The minimum Gasteiger partial charge on any atom is -0.335 e. The first-order valence-corrected chi connectivity index (χ1v) is 8.23. The van der Waals surface area contributed by atoms with Crippen molar-refractivity contribution in [1.29, 1.82) is 0 Å². The number of benzene rings is 1. The second-order valence-corrected chi connectivity index (χ2v) is 6.15. The molecule has 0 aliphatic rings. The van der Waals surface area contributed by atoms with Gasteiger partial charge in [-0.1, -0.05) is 12.1 Å². The van der Waals surface area contributed by atoms with E-state index in [-0.39, 0.29) is 12.1 Å². The Bertz CT molecular complexity index is 806. The second-order valence-electron chi connectivity index (χ2n) is 6.15. The summed E-state index contributed by atoms with van der Waals surface area (Å²) in [6.07, 6.45) is 4.36. The van der Waals surface area contributed by atoms with E-state index < -0.39 is 0 Å². The molecule has 1 atom stereocenters. The lowest BCUT2D eigenvalue weighted by atomic mass is 10.2. The summed E-state index contributed by atoms with van der Waals surface area (Å²) in [5.41, 5.74) is 3.83. The molecule has 25 heavy (non-hydrogen) atoms. The lowest BCUT2D eigenvalue weighted by Gasteiger charge is -2.14. The Morgan fingerprint density at radius 2 is 2.12 bits per heavy atom. The number of urea groups is 1. The molecule has 0 bridgehead atoms. The molecule has 0 saturated carbocycles. The molecule has 3 N–H and O–H groups in total. The predicted molar refractivity (Wildman–Crippen MR) is 96.4 cm³/mol. The Morgan fingerprint density at radius 1 is 1.32 bits per heavy atom. The lowest BCUT2D eigenvalue weighted by molar-refractivity contribution is 0.249. The largest absolute Gasteiger partial charge is 0.335 e. The fourth-order valence-corrected chi connectivity index (χ4v) is 2.61. The molecule has 1 aromatic carbocycles. The minimum absolute atomic E-state index is 0.0122. The Labute approximate surface area is 146 Å². The summed E-state index contributed by atoms with van der Waals surface area (Å²) in [6.45, 7) is 4.62. The van der Waals surface area contributed by atoms with Crippen LogP contribution in [0.15, 0.2) is 48.8 Å². The van der Waals surface area contributed by atoms with E-state index >= 15 is 0 Å². The van der Waals surface area contributed by atoms with Gasteiger partial charge in [-0.15, -0.1) is 0 Å². The fourth-order valence-electron chi connectivity index (χ4n) is 2.61. The first-order chi connectivity index (χ1) is 12.1.